The molecule has 0 saturated carbocycles. The Morgan fingerprint density at radius 3 is 2.71 bits per heavy atom. The fourth-order valence-electron chi connectivity index (χ4n) is 1.43. The molecule has 1 aromatic carbocycles. The molecule has 0 saturated heterocycles. The summed E-state index contributed by atoms with van der Waals surface area (Å²) in [5.41, 5.74) is 1.83. The number of amides is 1. The summed E-state index contributed by atoms with van der Waals surface area (Å²) in [7, 11) is 0. The summed E-state index contributed by atoms with van der Waals surface area (Å²) >= 11 is 3.33. The van der Waals surface area contributed by atoms with Crippen molar-refractivity contribution in [2.24, 2.45) is 0 Å². The lowest BCUT2D eigenvalue weighted by Crippen LogP contribution is -2.22. The van der Waals surface area contributed by atoms with E-state index in [0.29, 0.717) is 6.61 Å². The number of hydrogen-bond acceptors (Lipinski definition) is 2. The van der Waals surface area contributed by atoms with Gasteiger partial charge in [-0.05, 0) is 44.0 Å². The summed E-state index contributed by atoms with van der Waals surface area (Å²) in [6, 6.07) is 5.66. The average Bonchev–Trinajstić information content (AvgIpc) is 2.31. The molecule has 1 aromatic rings. The fourth-order valence-corrected chi connectivity index (χ4v) is 1.54. The molecule has 1 atom stereocenters. The van der Waals surface area contributed by atoms with Crippen LogP contribution in [-0.2, 0) is 4.79 Å². The zero-order chi connectivity index (χ0) is 12.8. The molecule has 94 valence electrons. The lowest BCUT2D eigenvalue weighted by atomic mass is 10.2. The van der Waals surface area contributed by atoms with Crippen molar-refractivity contribution in [3.05, 3.63) is 23.8 Å². The molecule has 0 aliphatic carbocycles. The predicted molar refractivity (Wildman–Crippen MR) is 74.0 cm³/mol. The van der Waals surface area contributed by atoms with Gasteiger partial charge in [-0.1, -0.05) is 22.9 Å². The number of benzene rings is 1. The molecule has 1 rings (SSSR count). The molecule has 0 bridgehead atoms. The first kappa shape index (κ1) is 14.0. The molecule has 0 aromatic heterocycles. The molecule has 1 unspecified atom stereocenters. The fraction of sp³-hybridized carbons (Fsp3) is 0.462. The number of alkyl halides is 1. The van der Waals surface area contributed by atoms with Crippen LogP contribution in [-0.4, -0.2) is 17.3 Å². The molecule has 0 heterocycles. The second-order valence-electron chi connectivity index (χ2n) is 3.77. The Labute approximate surface area is 111 Å². The monoisotopic (exact) mass is 299 g/mol. The highest BCUT2D eigenvalue weighted by atomic mass is 79.9. The maximum absolute atomic E-state index is 11.7. The van der Waals surface area contributed by atoms with E-state index in [9.17, 15) is 4.79 Å². The van der Waals surface area contributed by atoms with Gasteiger partial charge in [0, 0.05) is 5.69 Å². The molecule has 0 aliphatic rings. The number of carbonyl (C=O) groups is 1. The summed E-state index contributed by atoms with van der Waals surface area (Å²) in [5, 5.41) is 2.89. The number of carbonyl (C=O) groups excluding carboxylic acids is 1. The van der Waals surface area contributed by atoms with Crippen molar-refractivity contribution in [1.82, 2.24) is 0 Å². The predicted octanol–water partition coefficient (Wildman–Crippen LogP) is 3.51. The number of ether oxygens (including phenoxy) is 1. The van der Waals surface area contributed by atoms with Gasteiger partial charge < -0.3 is 10.1 Å². The van der Waals surface area contributed by atoms with Crippen LogP contribution in [0.5, 0.6) is 5.75 Å². The van der Waals surface area contributed by atoms with Gasteiger partial charge in [-0.2, -0.15) is 0 Å². The van der Waals surface area contributed by atoms with E-state index in [0.717, 1.165) is 23.4 Å². The van der Waals surface area contributed by atoms with Crippen LogP contribution in [0.3, 0.4) is 0 Å². The Morgan fingerprint density at radius 1 is 1.47 bits per heavy atom. The van der Waals surface area contributed by atoms with Gasteiger partial charge >= 0.3 is 0 Å². The molecule has 0 radical (unpaired) electrons. The first-order chi connectivity index (χ1) is 8.08. The Hall–Kier alpha value is -1.03. The summed E-state index contributed by atoms with van der Waals surface area (Å²) in [4.78, 5) is 11.6. The van der Waals surface area contributed by atoms with Crippen LogP contribution in [0.1, 0.15) is 25.8 Å². The number of aryl methyl sites for hydroxylation is 1. The molecule has 3 nitrogen and oxygen atoms in total. The van der Waals surface area contributed by atoms with E-state index in [4.69, 9.17) is 4.74 Å². The van der Waals surface area contributed by atoms with E-state index in [1.807, 2.05) is 39.0 Å². The summed E-state index contributed by atoms with van der Waals surface area (Å²) in [6.45, 7) is 6.50. The van der Waals surface area contributed by atoms with E-state index in [-0.39, 0.29) is 10.7 Å². The van der Waals surface area contributed by atoms with Crippen LogP contribution in [0.4, 0.5) is 5.69 Å². The highest BCUT2D eigenvalue weighted by molar-refractivity contribution is 9.10. The first-order valence-electron chi connectivity index (χ1n) is 5.76. The Balaban J connectivity index is 2.75. The molecular formula is C13H18BrNO2. The van der Waals surface area contributed by atoms with E-state index in [1.54, 1.807) is 0 Å². The minimum Gasteiger partial charge on any atom is -0.494 e. The van der Waals surface area contributed by atoms with Crippen LogP contribution >= 0.6 is 15.9 Å². The van der Waals surface area contributed by atoms with Gasteiger partial charge in [0.05, 0.1) is 11.4 Å². The smallest absolute Gasteiger partial charge is 0.238 e. The zero-order valence-corrected chi connectivity index (χ0v) is 12.0. The van der Waals surface area contributed by atoms with Gasteiger partial charge in [0.2, 0.25) is 5.91 Å². The van der Waals surface area contributed by atoms with Crippen LogP contribution in [0.25, 0.3) is 0 Å². The van der Waals surface area contributed by atoms with Crippen molar-refractivity contribution in [3.8, 4) is 5.75 Å². The van der Waals surface area contributed by atoms with Crippen molar-refractivity contribution in [1.29, 1.82) is 0 Å². The largest absolute Gasteiger partial charge is 0.494 e. The highest BCUT2D eigenvalue weighted by Crippen LogP contribution is 2.22. The minimum atomic E-state index is -0.145. The number of anilines is 1. The van der Waals surface area contributed by atoms with Gasteiger partial charge in [0.15, 0.2) is 0 Å². The Morgan fingerprint density at radius 2 is 2.18 bits per heavy atom. The first-order valence-corrected chi connectivity index (χ1v) is 6.68. The van der Waals surface area contributed by atoms with Gasteiger partial charge in [0.25, 0.3) is 0 Å². The second kappa shape index (κ2) is 6.64. The van der Waals surface area contributed by atoms with Crippen molar-refractivity contribution in [2.75, 3.05) is 11.9 Å². The average molecular weight is 300 g/mol. The van der Waals surface area contributed by atoms with E-state index >= 15 is 0 Å². The molecule has 0 fully saturated rings. The molecular weight excluding hydrogens is 282 g/mol. The van der Waals surface area contributed by atoms with Gasteiger partial charge in [-0.25, -0.2) is 0 Å². The number of rotatable bonds is 5. The molecule has 4 heteroatoms. The molecule has 0 spiro atoms. The van der Waals surface area contributed by atoms with Crippen LogP contribution in [0.15, 0.2) is 18.2 Å². The Kier molecular flexibility index (Phi) is 5.48. The number of halogens is 1. The maximum Gasteiger partial charge on any atom is 0.238 e. The summed E-state index contributed by atoms with van der Waals surface area (Å²) in [5.74, 6) is 0.814. The quantitative estimate of drug-likeness (QED) is 0.845. The third-order valence-corrected chi connectivity index (χ3v) is 3.47. The van der Waals surface area contributed by atoms with Gasteiger partial charge in [-0.3, -0.25) is 4.79 Å². The third-order valence-electron chi connectivity index (χ3n) is 2.41. The molecule has 1 amide bonds. The molecule has 17 heavy (non-hydrogen) atoms. The van der Waals surface area contributed by atoms with Crippen molar-refractivity contribution < 1.29 is 9.53 Å². The molecule has 1 N–H and O–H groups in total. The van der Waals surface area contributed by atoms with E-state index in [1.165, 1.54) is 0 Å². The topological polar surface area (TPSA) is 38.3 Å². The zero-order valence-electron chi connectivity index (χ0n) is 10.4. The second-order valence-corrected chi connectivity index (χ2v) is 4.88. The van der Waals surface area contributed by atoms with E-state index < -0.39 is 0 Å². The lowest BCUT2D eigenvalue weighted by molar-refractivity contribution is -0.115. The van der Waals surface area contributed by atoms with Crippen molar-refractivity contribution >= 4 is 27.5 Å². The standard InChI is InChI=1S/C13H18BrNO2/c1-4-11(14)13(16)15-12-7-6-10(17-5-2)8-9(12)3/h6-8,11H,4-5H2,1-3H3,(H,15,16). The highest BCUT2D eigenvalue weighted by Gasteiger charge is 2.13. The Bertz CT molecular complexity index is 393. The minimum absolute atomic E-state index is 0.0141. The van der Waals surface area contributed by atoms with Crippen molar-refractivity contribution in [2.45, 2.75) is 32.0 Å². The molecule has 0 aliphatic heterocycles. The van der Waals surface area contributed by atoms with Gasteiger partial charge in [0.1, 0.15) is 5.75 Å². The van der Waals surface area contributed by atoms with E-state index in [2.05, 4.69) is 21.2 Å². The van der Waals surface area contributed by atoms with Gasteiger partial charge in [-0.15, -0.1) is 0 Å². The van der Waals surface area contributed by atoms with Crippen LogP contribution in [0.2, 0.25) is 0 Å². The lowest BCUT2D eigenvalue weighted by Gasteiger charge is -2.12. The van der Waals surface area contributed by atoms with Crippen LogP contribution < -0.4 is 10.1 Å². The summed E-state index contributed by atoms with van der Waals surface area (Å²) < 4.78 is 5.39. The summed E-state index contributed by atoms with van der Waals surface area (Å²) in [6.07, 6.45) is 0.766. The SMILES string of the molecule is CCOc1ccc(NC(=O)C(Br)CC)c(C)c1. The maximum atomic E-state index is 11.7. The van der Waals surface area contributed by atoms with Crippen LogP contribution in [0, 0.1) is 6.92 Å². The normalized spacial score (nSPS) is 12.0. The van der Waals surface area contributed by atoms with Crippen molar-refractivity contribution in [3.63, 3.8) is 0 Å². The number of hydrogen-bond donors (Lipinski definition) is 1. The number of nitrogens with one attached hydrogen (secondary N) is 1. The third kappa shape index (κ3) is 4.04.